The van der Waals surface area contributed by atoms with Crippen molar-refractivity contribution in [2.75, 3.05) is 0 Å². The molecule has 2 heterocycles. The highest BCUT2D eigenvalue weighted by Gasteiger charge is 2.24. The molecule has 0 amide bonds. The van der Waals surface area contributed by atoms with Gasteiger partial charge in [0.15, 0.2) is 0 Å². The summed E-state index contributed by atoms with van der Waals surface area (Å²) in [4.78, 5) is 5.27. The summed E-state index contributed by atoms with van der Waals surface area (Å²) in [6.07, 6.45) is 0. The van der Waals surface area contributed by atoms with E-state index in [1.807, 2.05) is 6.07 Å². The second kappa shape index (κ2) is 9.97. The van der Waals surface area contributed by atoms with Gasteiger partial charge in [-0.2, -0.15) is 0 Å². The van der Waals surface area contributed by atoms with Gasteiger partial charge in [0, 0.05) is 25.7 Å². The summed E-state index contributed by atoms with van der Waals surface area (Å²) < 4.78 is 18.9. The van der Waals surface area contributed by atoms with Gasteiger partial charge in [-0.05, 0) is 82.6 Å². The zero-order chi connectivity index (χ0) is 28.2. The van der Waals surface area contributed by atoms with Crippen molar-refractivity contribution in [2.24, 2.45) is 0 Å². The molecule has 0 atom stereocenters. The lowest BCUT2D eigenvalue weighted by Gasteiger charge is -2.24. The first-order valence-electron chi connectivity index (χ1n) is 14.2. The Hall–Kier alpha value is -4.28. The Kier molecular flexibility index (Phi) is 6.24. The van der Waals surface area contributed by atoms with Crippen molar-refractivity contribution in [2.45, 2.75) is 39.5 Å². The van der Waals surface area contributed by atoms with Crippen LogP contribution in [0.4, 0.5) is 4.39 Å². The fourth-order valence-corrected chi connectivity index (χ4v) is 7.19. The molecule has 4 heteroatoms. The van der Waals surface area contributed by atoms with Crippen molar-refractivity contribution in [1.29, 1.82) is 0 Å². The maximum atomic E-state index is 14.3. The Balaban J connectivity index is 1.59. The highest BCUT2D eigenvalue weighted by Crippen LogP contribution is 2.44. The Morgan fingerprint density at radius 2 is 1.39 bits per heavy atom. The molecule has 5 aromatic carbocycles. The average Bonchev–Trinajstić information content (AvgIpc) is 3.55. The van der Waals surface area contributed by atoms with Crippen LogP contribution in [-0.4, -0.2) is 9.55 Å². The molecule has 0 saturated carbocycles. The number of halogens is 1. The van der Waals surface area contributed by atoms with Crippen LogP contribution in [0.5, 0.6) is 0 Å². The molecule has 0 aliphatic carbocycles. The first-order chi connectivity index (χ1) is 19.9. The summed E-state index contributed by atoms with van der Waals surface area (Å²) in [7, 11) is 0. The molecule has 41 heavy (non-hydrogen) atoms. The zero-order valence-corrected chi connectivity index (χ0v) is 24.5. The highest BCUT2D eigenvalue weighted by atomic mass is 32.1. The fourth-order valence-electron chi connectivity index (χ4n) is 6.00. The number of imidazole rings is 1. The van der Waals surface area contributed by atoms with Crippen molar-refractivity contribution in [1.82, 2.24) is 9.55 Å². The van der Waals surface area contributed by atoms with Crippen molar-refractivity contribution >= 4 is 42.5 Å². The molecule has 0 aliphatic heterocycles. The molecule has 0 radical (unpaired) electrons. The van der Waals surface area contributed by atoms with Crippen LogP contribution in [0.2, 0.25) is 0 Å². The topological polar surface area (TPSA) is 17.8 Å². The Labute approximate surface area is 243 Å². The lowest BCUT2D eigenvalue weighted by atomic mass is 9.88. The summed E-state index contributed by atoms with van der Waals surface area (Å²) >= 11 is 1.71. The normalized spacial score (nSPS) is 12.0. The molecule has 202 valence electrons. The Bertz CT molecular complexity index is 2040. The molecule has 0 bridgehead atoms. The molecule has 0 saturated heterocycles. The van der Waals surface area contributed by atoms with Crippen molar-refractivity contribution in [3.05, 3.63) is 120 Å². The van der Waals surface area contributed by atoms with E-state index in [0.717, 1.165) is 42.6 Å². The predicted molar refractivity (Wildman–Crippen MR) is 173 cm³/mol. The van der Waals surface area contributed by atoms with Gasteiger partial charge < -0.3 is 0 Å². The van der Waals surface area contributed by atoms with Crippen molar-refractivity contribution in [3.63, 3.8) is 0 Å². The lowest BCUT2D eigenvalue weighted by Crippen LogP contribution is -2.09. The van der Waals surface area contributed by atoms with E-state index in [-0.39, 0.29) is 5.82 Å². The third kappa shape index (κ3) is 4.25. The van der Waals surface area contributed by atoms with Gasteiger partial charge in [0.2, 0.25) is 0 Å². The van der Waals surface area contributed by atoms with Crippen LogP contribution in [0.15, 0.2) is 103 Å². The number of para-hydroxylation sites is 2. The summed E-state index contributed by atoms with van der Waals surface area (Å²) in [6.45, 7) is 9.10. The molecule has 0 unspecified atom stereocenters. The molecule has 7 rings (SSSR count). The number of thiophene rings is 1. The number of hydrogen-bond donors (Lipinski definition) is 0. The third-order valence-electron chi connectivity index (χ3n) is 8.00. The minimum atomic E-state index is -0.212. The summed E-state index contributed by atoms with van der Waals surface area (Å²) in [5, 5.41) is 2.01. The van der Waals surface area contributed by atoms with Gasteiger partial charge in [0.05, 0.1) is 16.7 Å². The molecule has 2 aromatic heterocycles. The average molecular weight is 555 g/mol. The van der Waals surface area contributed by atoms with E-state index in [1.165, 1.54) is 27.9 Å². The van der Waals surface area contributed by atoms with Crippen LogP contribution in [-0.2, 0) is 0 Å². The van der Waals surface area contributed by atoms with E-state index in [2.05, 4.69) is 117 Å². The number of nitrogens with zero attached hydrogens (tertiary/aromatic N) is 2. The summed E-state index contributed by atoms with van der Waals surface area (Å²) in [6, 6.07) is 35.2. The monoisotopic (exact) mass is 554 g/mol. The van der Waals surface area contributed by atoms with Crippen molar-refractivity contribution in [3.8, 4) is 28.2 Å². The smallest absolute Gasteiger partial charge is 0.147 e. The van der Waals surface area contributed by atoms with E-state index in [9.17, 15) is 4.39 Å². The highest BCUT2D eigenvalue weighted by molar-refractivity contribution is 7.26. The number of fused-ring (bicyclic) bond motifs is 4. The van der Waals surface area contributed by atoms with Gasteiger partial charge in [-0.3, -0.25) is 4.57 Å². The van der Waals surface area contributed by atoms with E-state index in [4.69, 9.17) is 4.98 Å². The standard InChI is InChI=1S/C37H31FN2S/c1-22(2)29-19-25(24-11-6-5-7-12-24)20-30(23(3)4)35(29)40-33-16-9-8-15-32(33)39-37(40)28-14-10-13-27-31-21-26(38)17-18-34(31)41-36(27)28/h5-23H,1-4H3. The molecule has 0 fully saturated rings. The van der Waals surface area contributed by atoms with Gasteiger partial charge in [0.25, 0.3) is 0 Å². The van der Waals surface area contributed by atoms with E-state index >= 15 is 0 Å². The zero-order valence-electron chi connectivity index (χ0n) is 23.7. The second-order valence-corrected chi connectivity index (χ2v) is 12.4. The molecular weight excluding hydrogens is 523 g/mol. The van der Waals surface area contributed by atoms with E-state index in [0.29, 0.717) is 11.8 Å². The molecular formula is C37H31FN2S. The quantitative estimate of drug-likeness (QED) is 0.207. The third-order valence-corrected chi connectivity index (χ3v) is 9.22. The van der Waals surface area contributed by atoms with Crippen molar-refractivity contribution < 1.29 is 4.39 Å². The van der Waals surface area contributed by atoms with Crippen LogP contribution in [0.3, 0.4) is 0 Å². The number of aromatic nitrogens is 2. The number of rotatable bonds is 5. The Morgan fingerprint density at radius 3 is 2.12 bits per heavy atom. The predicted octanol–water partition coefficient (Wildman–Crippen LogP) is 11.1. The SMILES string of the molecule is CC(C)c1cc(-c2ccccc2)cc(C(C)C)c1-n1c(-c2cccc3c2sc2ccc(F)cc23)nc2ccccc21. The summed E-state index contributed by atoms with van der Waals surface area (Å²) in [5.74, 6) is 1.29. The largest absolute Gasteiger partial charge is 0.292 e. The van der Waals surface area contributed by atoms with Gasteiger partial charge in [-0.15, -0.1) is 11.3 Å². The van der Waals surface area contributed by atoms with Crippen LogP contribution in [0.25, 0.3) is 59.4 Å². The maximum absolute atomic E-state index is 14.3. The second-order valence-electron chi connectivity index (χ2n) is 11.4. The molecule has 0 spiro atoms. The van der Waals surface area contributed by atoms with Crippen LogP contribution >= 0.6 is 11.3 Å². The van der Waals surface area contributed by atoms with E-state index < -0.39 is 0 Å². The fraction of sp³-hybridized carbons (Fsp3) is 0.162. The minimum absolute atomic E-state index is 0.212. The number of benzene rings is 5. The molecule has 2 nitrogen and oxygen atoms in total. The van der Waals surface area contributed by atoms with Gasteiger partial charge in [-0.1, -0.05) is 82.3 Å². The van der Waals surface area contributed by atoms with Crippen LogP contribution in [0, 0.1) is 5.82 Å². The first kappa shape index (κ1) is 25.7. The van der Waals surface area contributed by atoms with Gasteiger partial charge in [-0.25, -0.2) is 9.37 Å². The van der Waals surface area contributed by atoms with E-state index in [1.54, 1.807) is 23.5 Å². The maximum Gasteiger partial charge on any atom is 0.147 e. The summed E-state index contributed by atoms with van der Waals surface area (Å²) in [5.41, 5.74) is 9.38. The molecule has 0 aliphatic rings. The lowest BCUT2D eigenvalue weighted by molar-refractivity contribution is 0.630. The molecule has 0 N–H and O–H groups in total. The van der Waals surface area contributed by atoms with Crippen LogP contribution < -0.4 is 0 Å². The van der Waals surface area contributed by atoms with Gasteiger partial charge >= 0.3 is 0 Å². The molecule has 7 aromatic rings. The first-order valence-corrected chi connectivity index (χ1v) is 15.0. The number of hydrogen-bond acceptors (Lipinski definition) is 2. The minimum Gasteiger partial charge on any atom is -0.292 e. The van der Waals surface area contributed by atoms with Gasteiger partial charge in [0.1, 0.15) is 11.6 Å². The van der Waals surface area contributed by atoms with Crippen LogP contribution in [0.1, 0.15) is 50.7 Å². The Morgan fingerprint density at radius 1 is 0.683 bits per heavy atom.